The Labute approximate surface area is 161 Å². The number of hydrogen-bond donors (Lipinski definition) is 2. The van der Waals surface area contributed by atoms with E-state index in [1.54, 1.807) is 12.1 Å². The van der Waals surface area contributed by atoms with Gasteiger partial charge in [0.1, 0.15) is 11.3 Å². The predicted octanol–water partition coefficient (Wildman–Crippen LogP) is -0.533. The second kappa shape index (κ2) is 7.34. The van der Waals surface area contributed by atoms with Crippen molar-refractivity contribution in [2.24, 2.45) is 14.1 Å². The van der Waals surface area contributed by atoms with Crippen molar-refractivity contribution in [2.75, 3.05) is 27.2 Å². The predicted molar refractivity (Wildman–Crippen MR) is 106 cm³/mol. The molecule has 3 rings (SSSR count). The number of fused-ring (bicyclic) bond motifs is 1. The van der Waals surface area contributed by atoms with Gasteiger partial charge in [-0.05, 0) is 38.4 Å². The second-order valence-corrected chi connectivity index (χ2v) is 8.48. The maximum Gasteiger partial charge on any atom is 0.332 e. The number of sulfonamides is 1. The van der Waals surface area contributed by atoms with Crippen LogP contribution in [0.15, 0.2) is 38.8 Å². The van der Waals surface area contributed by atoms with Gasteiger partial charge in [0.15, 0.2) is 5.65 Å². The number of aromatic amines is 1. The van der Waals surface area contributed by atoms with E-state index < -0.39 is 21.3 Å². The average Bonchev–Trinajstić information content (AvgIpc) is 3.10. The molecule has 0 saturated heterocycles. The SMILES string of the molecule is CN(C)CCNS(=O)(=O)c1ccc(-c2nc3c([nH]2)c(=O)n(C)c(=O)n3C)cc1. The van der Waals surface area contributed by atoms with E-state index in [4.69, 9.17) is 0 Å². The first-order valence-corrected chi connectivity index (χ1v) is 10.0. The zero-order valence-corrected chi connectivity index (χ0v) is 16.9. The summed E-state index contributed by atoms with van der Waals surface area (Å²) in [5.41, 5.74) is 0.103. The zero-order chi connectivity index (χ0) is 20.6. The first kappa shape index (κ1) is 20.0. The normalized spacial score (nSPS) is 12.2. The van der Waals surface area contributed by atoms with Gasteiger partial charge in [0.2, 0.25) is 10.0 Å². The maximum atomic E-state index is 12.3. The largest absolute Gasteiger partial charge is 0.332 e. The van der Waals surface area contributed by atoms with Gasteiger partial charge < -0.3 is 9.88 Å². The number of likely N-dealkylation sites (N-methyl/N-ethyl adjacent to an activating group) is 1. The van der Waals surface area contributed by atoms with Crippen LogP contribution in [0, 0.1) is 0 Å². The van der Waals surface area contributed by atoms with Crippen LogP contribution in [0.2, 0.25) is 0 Å². The molecule has 0 amide bonds. The summed E-state index contributed by atoms with van der Waals surface area (Å²) < 4.78 is 29.5. The van der Waals surface area contributed by atoms with Crippen molar-refractivity contribution in [3.8, 4) is 11.4 Å². The lowest BCUT2D eigenvalue weighted by Gasteiger charge is -2.11. The first-order valence-electron chi connectivity index (χ1n) is 8.52. The van der Waals surface area contributed by atoms with Gasteiger partial charge in [0, 0.05) is 32.7 Å². The molecule has 0 aliphatic carbocycles. The van der Waals surface area contributed by atoms with Gasteiger partial charge in [-0.2, -0.15) is 0 Å². The molecule has 28 heavy (non-hydrogen) atoms. The smallest absolute Gasteiger partial charge is 0.332 e. The van der Waals surface area contributed by atoms with E-state index in [0.29, 0.717) is 24.5 Å². The van der Waals surface area contributed by atoms with Crippen LogP contribution in [0.3, 0.4) is 0 Å². The van der Waals surface area contributed by atoms with Crippen molar-refractivity contribution < 1.29 is 8.42 Å². The van der Waals surface area contributed by atoms with Crippen LogP contribution in [0.4, 0.5) is 0 Å². The van der Waals surface area contributed by atoms with Crippen molar-refractivity contribution in [1.29, 1.82) is 0 Å². The van der Waals surface area contributed by atoms with Gasteiger partial charge >= 0.3 is 5.69 Å². The topological polar surface area (TPSA) is 122 Å². The molecular weight excluding hydrogens is 384 g/mol. The van der Waals surface area contributed by atoms with E-state index in [1.807, 2.05) is 19.0 Å². The highest BCUT2D eigenvalue weighted by atomic mass is 32.2. The summed E-state index contributed by atoms with van der Waals surface area (Å²) in [5.74, 6) is 0.373. The van der Waals surface area contributed by atoms with Crippen molar-refractivity contribution in [3.05, 3.63) is 45.1 Å². The molecule has 2 aromatic heterocycles. The summed E-state index contributed by atoms with van der Waals surface area (Å²) in [5, 5.41) is 0. The maximum absolute atomic E-state index is 12.3. The quantitative estimate of drug-likeness (QED) is 0.567. The highest BCUT2D eigenvalue weighted by molar-refractivity contribution is 7.89. The van der Waals surface area contributed by atoms with Crippen molar-refractivity contribution in [3.63, 3.8) is 0 Å². The molecule has 0 radical (unpaired) electrons. The van der Waals surface area contributed by atoms with E-state index in [9.17, 15) is 18.0 Å². The summed E-state index contributed by atoms with van der Waals surface area (Å²) in [6.45, 7) is 0.891. The van der Waals surface area contributed by atoms with Crippen LogP contribution in [0.5, 0.6) is 0 Å². The summed E-state index contributed by atoms with van der Waals surface area (Å²) in [6.07, 6.45) is 0. The zero-order valence-electron chi connectivity index (χ0n) is 16.1. The number of imidazole rings is 1. The summed E-state index contributed by atoms with van der Waals surface area (Å²) in [7, 11) is 3.04. The third kappa shape index (κ3) is 3.63. The number of benzene rings is 1. The lowest BCUT2D eigenvalue weighted by Crippen LogP contribution is -2.36. The number of nitrogens with one attached hydrogen (secondary N) is 2. The van der Waals surface area contributed by atoms with Crippen LogP contribution in [0.25, 0.3) is 22.6 Å². The highest BCUT2D eigenvalue weighted by Crippen LogP contribution is 2.20. The summed E-state index contributed by atoms with van der Waals surface area (Å²) >= 11 is 0. The number of nitrogens with zero attached hydrogens (tertiary/aromatic N) is 4. The molecule has 0 unspecified atom stereocenters. The standard InChI is InChI=1S/C17H22N6O4S/c1-21(2)10-9-18-28(26,27)12-7-5-11(6-8-12)14-19-13-15(20-14)22(3)17(25)23(4)16(13)24/h5-8,18H,9-10H2,1-4H3,(H,19,20). The Bertz CT molecular complexity index is 1240. The molecule has 1 aromatic carbocycles. The van der Waals surface area contributed by atoms with Gasteiger partial charge in [-0.25, -0.2) is 22.9 Å². The Kier molecular flexibility index (Phi) is 5.24. The first-order chi connectivity index (χ1) is 13.1. The number of hydrogen-bond acceptors (Lipinski definition) is 6. The fourth-order valence-corrected chi connectivity index (χ4v) is 3.76. The van der Waals surface area contributed by atoms with Crippen LogP contribution in [0.1, 0.15) is 0 Å². The van der Waals surface area contributed by atoms with Gasteiger partial charge in [-0.1, -0.05) is 0 Å². The number of H-pyrrole nitrogens is 1. The lowest BCUT2D eigenvalue weighted by atomic mass is 10.2. The van der Waals surface area contributed by atoms with Gasteiger partial charge in [0.25, 0.3) is 5.56 Å². The monoisotopic (exact) mass is 406 g/mol. The van der Waals surface area contributed by atoms with Gasteiger partial charge in [0.05, 0.1) is 4.90 Å². The fraction of sp³-hybridized carbons (Fsp3) is 0.353. The Morgan fingerprint density at radius 2 is 1.75 bits per heavy atom. The molecule has 0 saturated carbocycles. The third-order valence-electron chi connectivity index (χ3n) is 4.38. The Morgan fingerprint density at radius 1 is 1.11 bits per heavy atom. The highest BCUT2D eigenvalue weighted by Gasteiger charge is 2.16. The third-order valence-corrected chi connectivity index (χ3v) is 5.86. The Morgan fingerprint density at radius 3 is 2.36 bits per heavy atom. The molecule has 10 nitrogen and oxygen atoms in total. The molecule has 2 N–H and O–H groups in total. The molecule has 0 fully saturated rings. The van der Waals surface area contributed by atoms with Crippen LogP contribution < -0.4 is 16.0 Å². The summed E-state index contributed by atoms with van der Waals surface area (Å²) in [6, 6.07) is 6.14. The minimum atomic E-state index is -3.61. The van der Waals surface area contributed by atoms with E-state index in [-0.39, 0.29) is 16.1 Å². The average molecular weight is 406 g/mol. The lowest BCUT2D eigenvalue weighted by molar-refractivity contribution is 0.412. The minimum absolute atomic E-state index is 0.134. The molecule has 0 spiro atoms. The molecule has 150 valence electrons. The molecule has 0 atom stereocenters. The molecule has 0 aliphatic heterocycles. The Hall–Kier alpha value is -2.76. The number of aromatic nitrogens is 4. The number of aryl methyl sites for hydroxylation is 1. The Balaban J connectivity index is 1.94. The molecular formula is C17H22N6O4S. The molecule has 3 aromatic rings. The molecule has 2 heterocycles. The van der Waals surface area contributed by atoms with Crippen LogP contribution >= 0.6 is 0 Å². The molecule has 11 heteroatoms. The van der Waals surface area contributed by atoms with E-state index in [2.05, 4.69) is 14.7 Å². The van der Waals surface area contributed by atoms with Crippen molar-refractivity contribution >= 4 is 21.2 Å². The van der Waals surface area contributed by atoms with E-state index >= 15 is 0 Å². The van der Waals surface area contributed by atoms with Gasteiger partial charge in [-0.15, -0.1) is 0 Å². The molecule has 0 bridgehead atoms. The van der Waals surface area contributed by atoms with E-state index in [0.717, 1.165) is 4.57 Å². The van der Waals surface area contributed by atoms with Crippen LogP contribution in [-0.2, 0) is 24.1 Å². The van der Waals surface area contributed by atoms with Crippen molar-refractivity contribution in [1.82, 2.24) is 28.7 Å². The van der Waals surface area contributed by atoms with Crippen LogP contribution in [-0.4, -0.2) is 59.6 Å². The van der Waals surface area contributed by atoms with Crippen molar-refractivity contribution in [2.45, 2.75) is 4.90 Å². The minimum Gasteiger partial charge on any atom is -0.332 e. The number of rotatable bonds is 6. The fourth-order valence-electron chi connectivity index (χ4n) is 2.74. The second-order valence-electron chi connectivity index (χ2n) is 6.72. The van der Waals surface area contributed by atoms with Gasteiger partial charge in [-0.3, -0.25) is 13.9 Å². The summed E-state index contributed by atoms with van der Waals surface area (Å²) in [4.78, 5) is 33.6. The van der Waals surface area contributed by atoms with E-state index in [1.165, 1.54) is 30.8 Å². The molecule has 0 aliphatic rings.